The molecule has 0 saturated carbocycles. The number of ether oxygens (including phenoxy) is 2. The van der Waals surface area contributed by atoms with Gasteiger partial charge in [0.05, 0.1) is 11.5 Å². The lowest BCUT2D eigenvalue weighted by Gasteiger charge is -2.19. The number of hydrogen-bond donors (Lipinski definition) is 1. The van der Waals surface area contributed by atoms with E-state index in [0.717, 1.165) is 0 Å². The fraction of sp³-hybridized carbons (Fsp3) is 0.400. The van der Waals surface area contributed by atoms with Crippen LogP contribution >= 0.6 is 0 Å². The molecule has 1 aromatic rings. The van der Waals surface area contributed by atoms with Gasteiger partial charge >= 0.3 is 11.8 Å². The maximum absolute atomic E-state index is 11.4. The van der Waals surface area contributed by atoms with Crippen LogP contribution in [0.15, 0.2) is 24.8 Å². The van der Waals surface area contributed by atoms with Crippen LogP contribution in [0.2, 0.25) is 0 Å². The number of nitrogens with one attached hydrogen (secondary N) is 1. The van der Waals surface area contributed by atoms with E-state index in [1.165, 1.54) is 12.1 Å². The molecule has 22 heavy (non-hydrogen) atoms. The monoisotopic (exact) mass is 308 g/mol. The first kappa shape index (κ1) is 17.5. The molecule has 7 nitrogen and oxygen atoms in total. The summed E-state index contributed by atoms with van der Waals surface area (Å²) in [6, 6.07) is 4.46. The molecule has 1 N–H and O–H groups in total. The molecule has 0 aliphatic carbocycles. The maximum Gasteiger partial charge on any atom is 0.407 e. The number of alkyl carbamates (subject to hydrolysis) is 1. The number of amides is 1. The van der Waals surface area contributed by atoms with E-state index in [1.807, 2.05) is 0 Å². The first-order chi connectivity index (χ1) is 10.2. The number of nitrogens with zero attached hydrogens (tertiary/aromatic N) is 1. The highest BCUT2D eigenvalue weighted by Crippen LogP contribution is 2.28. The van der Waals surface area contributed by atoms with Gasteiger partial charge < -0.3 is 14.8 Å². The molecule has 1 rings (SSSR count). The molecule has 0 unspecified atom stereocenters. The number of nitro groups is 1. The molecular formula is C15H20N2O5. The van der Waals surface area contributed by atoms with Gasteiger partial charge in [-0.3, -0.25) is 10.1 Å². The highest BCUT2D eigenvalue weighted by molar-refractivity contribution is 5.67. The van der Waals surface area contributed by atoms with Crippen LogP contribution in [0.5, 0.6) is 5.75 Å². The minimum atomic E-state index is -0.581. The smallest absolute Gasteiger partial charge is 0.407 e. The normalized spacial score (nSPS) is 10.7. The summed E-state index contributed by atoms with van der Waals surface area (Å²) in [4.78, 5) is 21.8. The zero-order valence-corrected chi connectivity index (χ0v) is 12.9. The van der Waals surface area contributed by atoms with Gasteiger partial charge in [0.15, 0.2) is 5.75 Å². The van der Waals surface area contributed by atoms with Crippen LogP contribution in [0.1, 0.15) is 26.3 Å². The summed E-state index contributed by atoms with van der Waals surface area (Å²) in [5.74, 6) is 0.133. The summed E-state index contributed by atoms with van der Waals surface area (Å²) in [6.45, 7) is 9.13. The fourth-order valence-electron chi connectivity index (χ4n) is 1.55. The van der Waals surface area contributed by atoms with Gasteiger partial charge in [-0.25, -0.2) is 4.79 Å². The Labute approximate surface area is 129 Å². The van der Waals surface area contributed by atoms with E-state index in [0.29, 0.717) is 5.56 Å². The van der Waals surface area contributed by atoms with E-state index in [4.69, 9.17) is 9.47 Å². The molecule has 1 aromatic carbocycles. The summed E-state index contributed by atoms with van der Waals surface area (Å²) >= 11 is 0. The highest BCUT2D eigenvalue weighted by Gasteiger charge is 2.17. The molecule has 0 heterocycles. The first-order valence-electron chi connectivity index (χ1n) is 6.73. The molecule has 0 spiro atoms. The zero-order valence-electron chi connectivity index (χ0n) is 12.9. The summed E-state index contributed by atoms with van der Waals surface area (Å²) in [7, 11) is 0. The molecule has 1 amide bonds. The molecule has 7 heteroatoms. The van der Waals surface area contributed by atoms with Crippen molar-refractivity contribution in [2.75, 3.05) is 13.2 Å². The molecule has 0 aliphatic rings. The Morgan fingerprint density at radius 3 is 2.68 bits per heavy atom. The van der Waals surface area contributed by atoms with Gasteiger partial charge in [-0.15, -0.1) is 0 Å². The molecule has 120 valence electrons. The number of benzene rings is 1. The lowest BCUT2D eigenvalue weighted by molar-refractivity contribution is -0.385. The second-order valence-corrected chi connectivity index (χ2v) is 5.47. The second-order valence-electron chi connectivity index (χ2n) is 5.47. The van der Waals surface area contributed by atoms with Gasteiger partial charge in [-0.1, -0.05) is 12.7 Å². The predicted octanol–water partition coefficient (Wildman–Crippen LogP) is 3.14. The first-order valence-corrected chi connectivity index (χ1v) is 6.73. The largest absolute Gasteiger partial charge is 0.485 e. The van der Waals surface area contributed by atoms with E-state index in [1.54, 1.807) is 32.9 Å². The summed E-state index contributed by atoms with van der Waals surface area (Å²) in [5, 5.41) is 13.4. The molecule has 0 aromatic heterocycles. The van der Waals surface area contributed by atoms with Crippen molar-refractivity contribution < 1.29 is 19.2 Å². The van der Waals surface area contributed by atoms with Crippen LogP contribution in [0.3, 0.4) is 0 Å². The van der Waals surface area contributed by atoms with Crippen molar-refractivity contribution in [3.8, 4) is 5.75 Å². The van der Waals surface area contributed by atoms with Crippen molar-refractivity contribution in [2.45, 2.75) is 26.4 Å². The van der Waals surface area contributed by atoms with Crippen LogP contribution < -0.4 is 10.1 Å². The Balaban J connectivity index is 2.56. The third kappa shape index (κ3) is 5.82. The van der Waals surface area contributed by atoms with Crippen LogP contribution in [0, 0.1) is 10.1 Å². The van der Waals surface area contributed by atoms with Crippen molar-refractivity contribution in [2.24, 2.45) is 0 Å². The van der Waals surface area contributed by atoms with E-state index < -0.39 is 16.6 Å². The Hall–Kier alpha value is -2.57. The van der Waals surface area contributed by atoms with Crippen LogP contribution in [-0.4, -0.2) is 29.8 Å². The SMILES string of the molecule is C=Cc1ccc([N+](=O)[O-])c(OCCNC(=O)OC(C)(C)C)c1. The van der Waals surface area contributed by atoms with E-state index in [-0.39, 0.29) is 24.6 Å². The van der Waals surface area contributed by atoms with Crippen LogP contribution in [0.4, 0.5) is 10.5 Å². The molecule has 0 aliphatic heterocycles. The van der Waals surface area contributed by atoms with Gasteiger partial charge in [0.2, 0.25) is 0 Å². The Morgan fingerprint density at radius 1 is 1.45 bits per heavy atom. The van der Waals surface area contributed by atoms with Gasteiger partial charge in [-0.2, -0.15) is 0 Å². The molecule has 0 fully saturated rings. The van der Waals surface area contributed by atoms with Gasteiger partial charge in [0, 0.05) is 6.07 Å². The van der Waals surface area contributed by atoms with Crippen molar-refractivity contribution in [1.82, 2.24) is 5.32 Å². The van der Waals surface area contributed by atoms with Crippen molar-refractivity contribution in [1.29, 1.82) is 0 Å². The maximum atomic E-state index is 11.4. The standard InChI is InChI=1S/C15H20N2O5/c1-5-11-6-7-12(17(19)20)13(10-11)21-9-8-16-14(18)22-15(2,3)4/h5-7,10H,1,8-9H2,2-4H3,(H,16,18). The summed E-state index contributed by atoms with van der Waals surface area (Å²) < 4.78 is 10.4. The Kier molecular flexibility index (Phi) is 5.91. The molecule has 0 bridgehead atoms. The zero-order chi connectivity index (χ0) is 16.8. The average Bonchev–Trinajstić information content (AvgIpc) is 2.41. The summed E-state index contributed by atoms with van der Waals surface area (Å²) in [5.41, 5.74) is -0.00858. The van der Waals surface area contributed by atoms with E-state index in [9.17, 15) is 14.9 Å². The van der Waals surface area contributed by atoms with E-state index in [2.05, 4.69) is 11.9 Å². The van der Waals surface area contributed by atoms with Crippen molar-refractivity contribution >= 4 is 17.9 Å². The third-order valence-electron chi connectivity index (χ3n) is 2.44. The third-order valence-corrected chi connectivity index (χ3v) is 2.44. The van der Waals surface area contributed by atoms with Crippen molar-refractivity contribution in [3.63, 3.8) is 0 Å². The molecule has 0 saturated heterocycles. The number of carbonyl (C=O) groups excluding carboxylic acids is 1. The van der Waals surface area contributed by atoms with Crippen molar-refractivity contribution in [3.05, 3.63) is 40.5 Å². The topological polar surface area (TPSA) is 90.7 Å². The van der Waals surface area contributed by atoms with Crippen LogP contribution in [-0.2, 0) is 4.74 Å². The second kappa shape index (κ2) is 7.44. The van der Waals surface area contributed by atoms with Gasteiger partial charge in [0.1, 0.15) is 12.2 Å². The van der Waals surface area contributed by atoms with Crippen LogP contribution in [0.25, 0.3) is 6.08 Å². The Bertz CT molecular complexity index is 564. The Morgan fingerprint density at radius 2 is 2.14 bits per heavy atom. The number of rotatable bonds is 6. The number of nitro benzene ring substituents is 1. The number of hydrogen-bond acceptors (Lipinski definition) is 5. The molecule has 0 radical (unpaired) electrons. The van der Waals surface area contributed by atoms with E-state index >= 15 is 0 Å². The molecule has 0 atom stereocenters. The van der Waals surface area contributed by atoms with Gasteiger partial charge in [0.25, 0.3) is 0 Å². The predicted molar refractivity (Wildman–Crippen MR) is 82.9 cm³/mol. The minimum Gasteiger partial charge on any atom is -0.485 e. The minimum absolute atomic E-state index is 0.0840. The lowest BCUT2D eigenvalue weighted by atomic mass is 10.2. The highest BCUT2D eigenvalue weighted by atomic mass is 16.6. The average molecular weight is 308 g/mol. The summed E-state index contributed by atoms with van der Waals surface area (Å²) in [6.07, 6.45) is 1.00. The number of carbonyl (C=O) groups is 1. The molecular weight excluding hydrogens is 288 g/mol. The van der Waals surface area contributed by atoms with Gasteiger partial charge in [-0.05, 0) is 38.5 Å². The quantitative estimate of drug-likeness (QED) is 0.495. The fourth-order valence-corrected chi connectivity index (χ4v) is 1.55. The lowest BCUT2D eigenvalue weighted by Crippen LogP contribution is -2.34.